The van der Waals surface area contributed by atoms with Gasteiger partial charge in [0.25, 0.3) is 0 Å². The molecule has 0 radical (unpaired) electrons. The molecule has 1 aromatic rings. The minimum Gasteiger partial charge on any atom is -0.327 e. The Labute approximate surface area is 115 Å². The van der Waals surface area contributed by atoms with Crippen LogP contribution in [0.1, 0.15) is 51.5 Å². The monoisotopic (exact) mass is 260 g/mol. The molecule has 0 heterocycles. The van der Waals surface area contributed by atoms with E-state index in [1.54, 1.807) is 0 Å². The summed E-state index contributed by atoms with van der Waals surface area (Å²) in [5.41, 5.74) is 7.77. The highest BCUT2D eigenvalue weighted by Crippen LogP contribution is 2.38. The van der Waals surface area contributed by atoms with Gasteiger partial charge in [0.15, 0.2) is 0 Å². The van der Waals surface area contributed by atoms with Gasteiger partial charge in [-0.2, -0.15) is 0 Å². The summed E-state index contributed by atoms with van der Waals surface area (Å²) in [6.45, 7) is 6.25. The molecule has 1 aliphatic carbocycles. The second-order valence-electron chi connectivity index (χ2n) is 6.11. The molecular weight excluding hydrogens is 236 g/mol. The van der Waals surface area contributed by atoms with Gasteiger partial charge in [-0.1, -0.05) is 38.5 Å². The summed E-state index contributed by atoms with van der Waals surface area (Å²) < 4.78 is 0. The maximum Gasteiger partial charge on any atom is 0.231 e. The lowest BCUT2D eigenvalue weighted by atomic mass is 9.84. The second kappa shape index (κ2) is 5.33. The van der Waals surface area contributed by atoms with Gasteiger partial charge in [-0.25, -0.2) is 0 Å². The minimum absolute atomic E-state index is 0.0290. The normalized spacial score (nSPS) is 26.7. The van der Waals surface area contributed by atoms with E-state index in [4.69, 9.17) is 5.73 Å². The van der Waals surface area contributed by atoms with Crippen molar-refractivity contribution in [2.24, 2.45) is 11.1 Å². The summed E-state index contributed by atoms with van der Waals surface area (Å²) >= 11 is 0. The van der Waals surface area contributed by atoms with E-state index in [0.29, 0.717) is 5.92 Å². The van der Waals surface area contributed by atoms with E-state index in [1.807, 2.05) is 25.1 Å². The van der Waals surface area contributed by atoms with Crippen LogP contribution in [0.15, 0.2) is 24.3 Å². The number of nitrogens with two attached hydrogens (primary N) is 1. The molecule has 2 unspecified atom stereocenters. The first-order valence-electron chi connectivity index (χ1n) is 7.11. The molecule has 3 heteroatoms. The number of benzene rings is 1. The Morgan fingerprint density at radius 2 is 2.11 bits per heavy atom. The number of hydrogen-bond donors (Lipinski definition) is 2. The molecule has 0 saturated heterocycles. The minimum atomic E-state index is -0.426. The molecule has 0 aromatic heterocycles. The molecule has 0 aliphatic heterocycles. The lowest BCUT2D eigenvalue weighted by Crippen LogP contribution is -2.44. The van der Waals surface area contributed by atoms with Crippen LogP contribution in [0.5, 0.6) is 0 Å². The van der Waals surface area contributed by atoms with Crippen LogP contribution >= 0.6 is 0 Å². The number of amides is 1. The van der Waals surface area contributed by atoms with Crippen molar-refractivity contribution < 1.29 is 4.79 Å². The third-order valence-corrected chi connectivity index (χ3v) is 4.38. The number of carbonyl (C=O) groups is 1. The Kier molecular flexibility index (Phi) is 3.95. The lowest BCUT2D eigenvalue weighted by molar-refractivity contribution is -0.125. The van der Waals surface area contributed by atoms with E-state index in [9.17, 15) is 4.79 Å². The molecule has 1 amide bonds. The highest BCUT2D eigenvalue weighted by molar-refractivity contribution is 5.96. The van der Waals surface area contributed by atoms with Gasteiger partial charge in [0.1, 0.15) is 0 Å². The maximum atomic E-state index is 12.5. The van der Waals surface area contributed by atoms with Crippen molar-refractivity contribution in [2.75, 3.05) is 5.32 Å². The van der Waals surface area contributed by atoms with E-state index < -0.39 is 5.41 Å². The van der Waals surface area contributed by atoms with Crippen molar-refractivity contribution in [3.8, 4) is 0 Å². The molecule has 1 saturated carbocycles. The maximum absolute atomic E-state index is 12.5. The Balaban J connectivity index is 2.20. The highest BCUT2D eigenvalue weighted by atomic mass is 16.2. The van der Waals surface area contributed by atoms with Crippen molar-refractivity contribution in [1.82, 2.24) is 0 Å². The van der Waals surface area contributed by atoms with Crippen molar-refractivity contribution in [1.29, 1.82) is 0 Å². The van der Waals surface area contributed by atoms with Crippen molar-refractivity contribution in [3.63, 3.8) is 0 Å². The summed E-state index contributed by atoms with van der Waals surface area (Å²) in [6, 6.07) is 7.97. The van der Waals surface area contributed by atoms with Crippen LogP contribution in [-0.2, 0) is 4.79 Å². The topological polar surface area (TPSA) is 55.1 Å². The summed E-state index contributed by atoms with van der Waals surface area (Å²) in [5.74, 6) is 0.451. The Morgan fingerprint density at radius 3 is 2.68 bits per heavy atom. The number of para-hydroxylation sites is 1. The molecule has 1 aliphatic rings. The molecule has 1 aromatic carbocycles. The van der Waals surface area contributed by atoms with Gasteiger partial charge >= 0.3 is 0 Å². The van der Waals surface area contributed by atoms with Gasteiger partial charge in [0, 0.05) is 11.7 Å². The van der Waals surface area contributed by atoms with Gasteiger partial charge in [-0.15, -0.1) is 0 Å². The van der Waals surface area contributed by atoms with Gasteiger partial charge in [-0.05, 0) is 37.3 Å². The van der Waals surface area contributed by atoms with E-state index >= 15 is 0 Å². The second-order valence-corrected chi connectivity index (χ2v) is 6.11. The first-order chi connectivity index (χ1) is 8.95. The molecule has 1 fully saturated rings. The van der Waals surface area contributed by atoms with E-state index in [-0.39, 0.29) is 11.9 Å². The molecular formula is C16H24N2O. The SMILES string of the molecule is CC(C)c1ccccc1NC(=O)C1(C)CCCC1N. The summed E-state index contributed by atoms with van der Waals surface area (Å²) in [5, 5.41) is 3.09. The number of rotatable bonds is 3. The molecule has 2 atom stereocenters. The summed E-state index contributed by atoms with van der Waals surface area (Å²) in [7, 11) is 0. The highest BCUT2D eigenvalue weighted by Gasteiger charge is 2.43. The lowest BCUT2D eigenvalue weighted by Gasteiger charge is -2.28. The number of carbonyl (C=O) groups excluding carboxylic acids is 1. The van der Waals surface area contributed by atoms with Crippen LogP contribution in [0.3, 0.4) is 0 Å². The van der Waals surface area contributed by atoms with Gasteiger partial charge in [0.2, 0.25) is 5.91 Å². The predicted molar refractivity (Wildman–Crippen MR) is 79.1 cm³/mol. The smallest absolute Gasteiger partial charge is 0.231 e. The molecule has 2 rings (SSSR count). The molecule has 19 heavy (non-hydrogen) atoms. The molecule has 3 nitrogen and oxygen atoms in total. The standard InChI is InChI=1S/C16H24N2O/c1-11(2)12-7-4-5-8-13(12)18-15(19)16(3)10-6-9-14(16)17/h4-5,7-8,11,14H,6,9-10,17H2,1-3H3,(H,18,19). The summed E-state index contributed by atoms with van der Waals surface area (Å²) in [4.78, 5) is 12.5. The van der Waals surface area contributed by atoms with Gasteiger partial charge < -0.3 is 11.1 Å². The van der Waals surface area contributed by atoms with Gasteiger partial charge in [0.05, 0.1) is 5.41 Å². The van der Waals surface area contributed by atoms with Crippen molar-refractivity contribution in [3.05, 3.63) is 29.8 Å². The third kappa shape index (κ3) is 2.66. The van der Waals surface area contributed by atoms with E-state index in [2.05, 4.69) is 25.2 Å². The zero-order valence-corrected chi connectivity index (χ0v) is 12.1. The van der Waals surface area contributed by atoms with Crippen molar-refractivity contribution in [2.45, 2.75) is 52.0 Å². The first kappa shape index (κ1) is 14.1. The van der Waals surface area contributed by atoms with Crippen molar-refractivity contribution >= 4 is 11.6 Å². The largest absolute Gasteiger partial charge is 0.327 e. The van der Waals surface area contributed by atoms with Crippen LogP contribution < -0.4 is 11.1 Å². The van der Waals surface area contributed by atoms with Crippen LogP contribution in [0, 0.1) is 5.41 Å². The molecule has 3 N–H and O–H groups in total. The average Bonchev–Trinajstić information content (AvgIpc) is 2.71. The molecule has 104 valence electrons. The first-order valence-corrected chi connectivity index (χ1v) is 7.11. The Morgan fingerprint density at radius 1 is 1.42 bits per heavy atom. The van der Waals surface area contributed by atoms with Crippen LogP contribution in [0.25, 0.3) is 0 Å². The van der Waals surface area contributed by atoms with Crippen LogP contribution in [0.4, 0.5) is 5.69 Å². The molecule has 0 spiro atoms. The van der Waals surface area contributed by atoms with E-state index in [1.165, 1.54) is 5.56 Å². The zero-order chi connectivity index (χ0) is 14.0. The van der Waals surface area contributed by atoms with Crippen LogP contribution in [0.2, 0.25) is 0 Å². The van der Waals surface area contributed by atoms with Gasteiger partial charge in [-0.3, -0.25) is 4.79 Å². The molecule has 0 bridgehead atoms. The fraction of sp³-hybridized carbons (Fsp3) is 0.562. The number of anilines is 1. The fourth-order valence-electron chi connectivity index (χ4n) is 2.85. The number of hydrogen-bond acceptors (Lipinski definition) is 2. The predicted octanol–water partition coefficient (Wildman–Crippen LogP) is 3.27. The third-order valence-electron chi connectivity index (χ3n) is 4.38. The van der Waals surface area contributed by atoms with E-state index in [0.717, 1.165) is 24.9 Å². The zero-order valence-electron chi connectivity index (χ0n) is 12.1. The Hall–Kier alpha value is -1.35. The number of nitrogens with one attached hydrogen (secondary N) is 1. The van der Waals surface area contributed by atoms with Crippen LogP contribution in [-0.4, -0.2) is 11.9 Å². The quantitative estimate of drug-likeness (QED) is 0.876. The fourth-order valence-corrected chi connectivity index (χ4v) is 2.85. The Bertz CT molecular complexity index is 470. The average molecular weight is 260 g/mol. The summed E-state index contributed by atoms with van der Waals surface area (Å²) in [6.07, 6.45) is 2.86.